The van der Waals surface area contributed by atoms with Crippen LogP contribution in [-0.2, 0) is 0 Å². The number of nitrogens with one attached hydrogen (secondary N) is 1. The largest absolute Gasteiger partial charge is 0.492 e. The molecular formula is C15H15BrN2O2. The lowest BCUT2D eigenvalue weighted by atomic mass is 10.2. The molecule has 0 bridgehead atoms. The van der Waals surface area contributed by atoms with Crippen LogP contribution in [0.25, 0.3) is 0 Å². The Morgan fingerprint density at radius 2 is 2.20 bits per heavy atom. The number of hydrogen-bond donors (Lipinski definition) is 1. The number of aromatic nitrogens is 1. The predicted molar refractivity (Wildman–Crippen MR) is 80.9 cm³/mol. The number of nitrogens with zero attached hydrogens (tertiary/aromatic N) is 1. The fourth-order valence-corrected chi connectivity index (χ4v) is 2.05. The maximum Gasteiger partial charge on any atom is 0.251 e. The van der Waals surface area contributed by atoms with Crippen LogP contribution in [-0.4, -0.2) is 24.0 Å². The summed E-state index contributed by atoms with van der Waals surface area (Å²) in [4.78, 5) is 15.8. The number of rotatable bonds is 5. The monoisotopic (exact) mass is 334 g/mol. The average molecular weight is 335 g/mol. The number of benzene rings is 1. The minimum Gasteiger partial charge on any atom is -0.492 e. The van der Waals surface area contributed by atoms with Gasteiger partial charge in [-0.15, -0.1) is 0 Å². The van der Waals surface area contributed by atoms with Gasteiger partial charge in [-0.25, -0.2) is 4.98 Å². The van der Waals surface area contributed by atoms with Crippen LogP contribution in [0.2, 0.25) is 0 Å². The first kappa shape index (κ1) is 14.5. The zero-order valence-corrected chi connectivity index (χ0v) is 12.7. The summed E-state index contributed by atoms with van der Waals surface area (Å²) in [5.41, 5.74) is 1.72. The first-order valence-electron chi connectivity index (χ1n) is 6.24. The number of halogens is 1. The number of carbonyl (C=O) groups is 1. The molecule has 0 saturated carbocycles. The van der Waals surface area contributed by atoms with E-state index in [9.17, 15) is 4.79 Å². The Labute approximate surface area is 126 Å². The van der Waals surface area contributed by atoms with Gasteiger partial charge >= 0.3 is 0 Å². The Bertz CT molecular complexity index is 602. The van der Waals surface area contributed by atoms with Crippen molar-refractivity contribution in [3.8, 4) is 5.75 Å². The topological polar surface area (TPSA) is 51.2 Å². The highest BCUT2D eigenvalue weighted by molar-refractivity contribution is 9.10. The van der Waals surface area contributed by atoms with Crippen LogP contribution >= 0.6 is 15.9 Å². The molecule has 0 saturated heterocycles. The second-order valence-corrected chi connectivity index (χ2v) is 5.10. The molecule has 1 N–H and O–H groups in total. The van der Waals surface area contributed by atoms with Gasteiger partial charge in [-0.3, -0.25) is 4.79 Å². The Morgan fingerprint density at radius 3 is 2.95 bits per heavy atom. The molecule has 0 unspecified atom stereocenters. The lowest BCUT2D eigenvalue weighted by Gasteiger charge is -2.08. The Morgan fingerprint density at radius 1 is 1.35 bits per heavy atom. The number of pyridine rings is 1. The van der Waals surface area contributed by atoms with E-state index in [0.29, 0.717) is 23.3 Å². The molecular weight excluding hydrogens is 320 g/mol. The van der Waals surface area contributed by atoms with E-state index in [0.717, 1.165) is 11.3 Å². The maximum absolute atomic E-state index is 11.8. The molecule has 1 aromatic carbocycles. The van der Waals surface area contributed by atoms with E-state index in [4.69, 9.17) is 4.74 Å². The summed E-state index contributed by atoms with van der Waals surface area (Å²) < 4.78 is 6.20. The Kier molecular flexibility index (Phi) is 5.12. The first-order valence-corrected chi connectivity index (χ1v) is 7.03. The van der Waals surface area contributed by atoms with Gasteiger partial charge < -0.3 is 10.1 Å². The first-order chi connectivity index (χ1) is 9.65. The average Bonchev–Trinajstić information content (AvgIpc) is 2.43. The fourth-order valence-electron chi connectivity index (χ4n) is 1.68. The van der Waals surface area contributed by atoms with Crippen molar-refractivity contribution in [3.63, 3.8) is 0 Å². The molecule has 0 aliphatic carbocycles. The number of aryl methyl sites for hydroxylation is 1. The van der Waals surface area contributed by atoms with Crippen molar-refractivity contribution >= 4 is 21.8 Å². The maximum atomic E-state index is 11.8. The van der Waals surface area contributed by atoms with E-state index in [1.54, 1.807) is 18.3 Å². The van der Waals surface area contributed by atoms with Crippen molar-refractivity contribution in [1.82, 2.24) is 10.3 Å². The quantitative estimate of drug-likeness (QED) is 0.675. The van der Waals surface area contributed by atoms with Crippen molar-refractivity contribution in [2.45, 2.75) is 6.92 Å². The van der Waals surface area contributed by atoms with Gasteiger partial charge in [0.1, 0.15) is 17.0 Å². The third-order valence-electron chi connectivity index (χ3n) is 2.63. The van der Waals surface area contributed by atoms with E-state index in [1.165, 1.54) is 0 Å². The molecule has 1 heterocycles. The smallest absolute Gasteiger partial charge is 0.251 e. The van der Waals surface area contributed by atoms with Gasteiger partial charge in [0, 0.05) is 11.8 Å². The summed E-state index contributed by atoms with van der Waals surface area (Å²) in [6.07, 6.45) is 1.59. The van der Waals surface area contributed by atoms with Crippen LogP contribution in [0.15, 0.2) is 47.2 Å². The molecule has 1 amide bonds. The molecule has 0 radical (unpaired) electrons. The molecule has 0 spiro atoms. The van der Waals surface area contributed by atoms with Crippen LogP contribution in [0.1, 0.15) is 15.9 Å². The van der Waals surface area contributed by atoms with E-state index in [2.05, 4.69) is 26.2 Å². The second-order valence-electron chi connectivity index (χ2n) is 4.29. The van der Waals surface area contributed by atoms with Crippen LogP contribution in [0.3, 0.4) is 0 Å². The van der Waals surface area contributed by atoms with Gasteiger partial charge in [0.25, 0.3) is 5.91 Å². The molecule has 5 heteroatoms. The molecule has 0 aliphatic rings. The second kappa shape index (κ2) is 7.05. The normalized spacial score (nSPS) is 10.1. The molecule has 1 aromatic heterocycles. The lowest BCUT2D eigenvalue weighted by Crippen LogP contribution is -2.28. The number of carbonyl (C=O) groups excluding carboxylic acids is 1. The number of hydrogen-bond acceptors (Lipinski definition) is 3. The SMILES string of the molecule is Cc1cccc(OCCNC(=O)c2ccnc(Br)c2)c1. The minimum absolute atomic E-state index is 0.138. The number of ether oxygens (including phenoxy) is 1. The lowest BCUT2D eigenvalue weighted by molar-refractivity contribution is 0.0947. The van der Waals surface area contributed by atoms with Gasteiger partial charge in [0.15, 0.2) is 0 Å². The molecule has 0 fully saturated rings. The summed E-state index contributed by atoms with van der Waals surface area (Å²) in [6.45, 7) is 2.89. The highest BCUT2D eigenvalue weighted by Crippen LogP contribution is 2.12. The number of amides is 1. The summed E-state index contributed by atoms with van der Waals surface area (Å²) in [6, 6.07) is 11.2. The third kappa shape index (κ3) is 4.35. The van der Waals surface area contributed by atoms with Crippen LogP contribution in [0.5, 0.6) is 5.75 Å². The Balaban J connectivity index is 1.77. The zero-order chi connectivity index (χ0) is 14.4. The van der Waals surface area contributed by atoms with Crippen LogP contribution < -0.4 is 10.1 Å². The summed E-state index contributed by atoms with van der Waals surface area (Å²) >= 11 is 3.23. The van der Waals surface area contributed by atoms with Gasteiger partial charge in [-0.2, -0.15) is 0 Å². The highest BCUT2D eigenvalue weighted by Gasteiger charge is 2.05. The van der Waals surface area contributed by atoms with Crippen molar-refractivity contribution < 1.29 is 9.53 Å². The van der Waals surface area contributed by atoms with E-state index in [-0.39, 0.29) is 5.91 Å². The highest BCUT2D eigenvalue weighted by atomic mass is 79.9. The summed E-state index contributed by atoms with van der Waals surface area (Å²) in [5.74, 6) is 0.673. The van der Waals surface area contributed by atoms with Crippen LogP contribution in [0, 0.1) is 6.92 Å². The zero-order valence-electron chi connectivity index (χ0n) is 11.1. The van der Waals surface area contributed by atoms with Gasteiger partial charge in [-0.05, 0) is 52.7 Å². The summed E-state index contributed by atoms with van der Waals surface area (Å²) in [5, 5.41) is 2.80. The van der Waals surface area contributed by atoms with E-state index in [1.807, 2.05) is 31.2 Å². The molecule has 2 rings (SSSR count). The molecule has 2 aromatic rings. The minimum atomic E-state index is -0.138. The molecule has 4 nitrogen and oxygen atoms in total. The molecule has 20 heavy (non-hydrogen) atoms. The third-order valence-corrected chi connectivity index (χ3v) is 3.07. The summed E-state index contributed by atoms with van der Waals surface area (Å²) in [7, 11) is 0. The molecule has 0 aliphatic heterocycles. The van der Waals surface area contributed by atoms with Gasteiger partial charge in [0.2, 0.25) is 0 Å². The van der Waals surface area contributed by atoms with Gasteiger partial charge in [-0.1, -0.05) is 12.1 Å². The van der Waals surface area contributed by atoms with Crippen molar-refractivity contribution in [1.29, 1.82) is 0 Å². The Hall–Kier alpha value is -1.88. The standard InChI is InChI=1S/C15H15BrN2O2/c1-11-3-2-4-13(9-11)20-8-7-18-15(19)12-5-6-17-14(16)10-12/h2-6,9-10H,7-8H2,1H3,(H,18,19). The van der Waals surface area contributed by atoms with E-state index >= 15 is 0 Å². The molecule has 104 valence electrons. The van der Waals surface area contributed by atoms with Crippen molar-refractivity contribution in [2.75, 3.05) is 13.2 Å². The van der Waals surface area contributed by atoms with Crippen molar-refractivity contribution in [3.05, 3.63) is 58.3 Å². The van der Waals surface area contributed by atoms with Gasteiger partial charge in [0.05, 0.1) is 6.54 Å². The predicted octanol–water partition coefficient (Wildman–Crippen LogP) is 2.96. The van der Waals surface area contributed by atoms with E-state index < -0.39 is 0 Å². The van der Waals surface area contributed by atoms with Crippen molar-refractivity contribution in [2.24, 2.45) is 0 Å². The van der Waals surface area contributed by atoms with Crippen LogP contribution in [0.4, 0.5) is 0 Å². The fraction of sp³-hybridized carbons (Fsp3) is 0.200. The molecule has 0 atom stereocenters.